The molecule has 0 unspecified atom stereocenters. The summed E-state index contributed by atoms with van der Waals surface area (Å²) in [4.78, 5) is 11.4. The largest absolute Gasteiger partial charge is 0.468 e. The van der Waals surface area contributed by atoms with Gasteiger partial charge in [-0.1, -0.05) is 19.8 Å². The van der Waals surface area contributed by atoms with Crippen LogP contribution in [0.5, 0.6) is 0 Å². The highest BCUT2D eigenvalue weighted by atomic mass is 16.5. The Bertz CT molecular complexity index is 181. The van der Waals surface area contributed by atoms with Crippen LogP contribution in [0.15, 0.2) is 0 Å². The zero-order valence-corrected chi connectivity index (χ0v) is 7.80. The summed E-state index contributed by atoms with van der Waals surface area (Å²) in [6.45, 7) is 2.07. The predicted octanol–water partition coefficient (Wildman–Crippen LogP) is 1.07. The van der Waals surface area contributed by atoms with Crippen LogP contribution in [0, 0.1) is 5.92 Å². The molecular weight excluding hydrogens is 154 g/mol. The van der Waals surface area contributed by atoms with Gasteiger partial charge >= 0.3 is 5.97 Å². The standard InChI is InChI=1S/C9H17NO2/c1-3-7-5-4-6-9(7,10)8(11)12-2/h7H,3-6,10H2,1-2H3/t7-,9+/m1/s1. The molecule has 1 aliphatic rings. The van der Waals surface area contributed by atoms with E-state index in [1.165, 1.54) is 7.11 Å². The minimum Gasteiger partial charge on any atom is -0.468 e. The van der Waals surface area contributed by atoms with E-state index < -0.39 is 5.54 Å². The monoisotopic (exact) mass is 171 g/mol. The van der Waals surface area contributed by atoms with Crippen LogP contribution in [-0.4, -0.2) is 18.6 Å². The zero-order valence-electron chi connectivity index (χ0n) is 7.80. The molecule has 0 spiro atoms. The van der Waals surface area contributed by atoms with E-state index in [1.54, 1.807) is 0 Å². The molecule has 0 saturated heterocycles. The third-order valence-electron chi connectivity index (χ3n) is 2.93. The van der Waals surface area contributed by atoms with E-state index in [-0.39, 0.29) is 5.97 Å². The van der Waals surface area contributed by atoms with Crippen molar-refractivity contribution in [1.82, 2.24) is 0 Å². The molecule has 0 aromatic heterocycles. The van der Waals surface area contributed by atoms with Crippen LogP contribution in [0.25, 0.3) is 0 Å². The molecule has 0 aromatic carbocycles. The molecule has 2 N–H and O–H groups in total. The molecule has 1 aliphatic carbocycles. The van der Waals surface area contributed by atoms with Gasteiger partial charge < -0.3 is 10.5 Å². The fourth-order valence-corrected chi connectivity index (χ4v) is 2.13. The van der Waals surface area contributed by atoms with Gasteiger partial charge in [-0.3, -0.25) is 4.79 Å². The Balaban J connectivity index is 2.74. The van der Waals surface area contributed by atoms with Gasteiger partial charge in [0.2, 0.25) is 0 Å². The molecule has 0 aromatic rings. The van der Waals surface area contributed by atoms with Crippen molar-refractivity contribution >= 4 is 5.97 Å². The maximum absolute atomic E-state index is 11.4. The van der Waals surface area contributed by atoms with E-state index in [4.69, 9.17) is 10.5 Å². The first kappa shape index (κ1) is 9.52. The molecule has 2 atom stereocenters. The van der Waals surface area contributed by atoms with Crippen LogP contribution >= 0.6 is 0 Å². The molecule has 0 amide bonds. The van der Waals surface area contributed by atoms with E-state index in [9.17, 15) is 4.79 Å². The van der Waals surface area contributed by atoms with Crippen LogP contribution in [0.2, 0.25) is 0 Å². The first-order valence-electron chi connectivity index (χ1n) is 4.52. The summed E-state index contributed by atoms with van der Waals surface area (Å²) in [5.74, 6) is 0.0665. The lowest BCUT2D eigenvalue weighted by atomic mass is 9.86. The molecule has 0 heterocycles. The normalized spacial score (nSPS) is 35.1. The molecular formula is C9H17NO2. The zero-order chi connectivity index (χ0) is 9.19. The highest BCUT2D eigenvalue weighted by Gasteiger charge is 2.45. The molecule has 1 fully saturated rings. The van der Waals surface area contributed by atoms with Gasteiger partial charge in [-0.05, 0) is 18.8 Å². The van der Waals surface area contributed by atoms with Gasteiger partial charge in [0.05, 0.1) is 7.11 Å². The fraction of sp³-hybridized carbons (Fsp3) is 0.889. The number of rotatable bonds is 2. The molecule has 3 heteroatoms. The first-order valence-corrected chi connectivity index (χ1v) is 4.52. The van der Waals surface area contributed by atoms with Crippen molar-refractivity contribution in [3.63, 3.8) is 0 Å². The molecule has 1 rings (SSSR count). The molecule has 70 valence electrons. The number of hydrogen-bond acceptors (Lipinski definition) is 3. The van der Waals surface area contributed by atoms with Crippen LogP contribution < -0.4 is 5.73 Å². The van der Waals surface area contributed by atoms with Crippen LogP contribution in [-0.2, 0) is 9.53 Å². The maximum atomic E-state index is 11.4. The Morgan fingerprint density at radius 2 is 2.42 bits per heavy atom. The summed E-state index contributed by atoms with van der Waals surface area (Å²) in [5, 5.41) is 0. The molecule has 0 radical (unpaired) electrons. The number of ether oxygens (including phenoxy) is 1. The molecule has 0 bridgehead atoms. The van der Waals surface area contributed by atoms with Gasteiger partial charge in [0, 0.05) is 0 Å². The number of carbonyl (C=O) groups is 1. The van der Waals surface area contributed by atoms with Crippen LogP contribution in [0.1, 0.15) is 32.6 Å². The minimum atomic E-state index is -0.691. The SMILES string of the molecule is CC[C@@H]1CCC[C@@]1(N)C(=O)OC. The molecule has 3 nitrogen and oxygen atoms in total. The number of nitrogens with two attached hydrogens (primary N) is 1. The smallest absolute Gasteiger partial charge is 0.326 e. The fourth-order valence-electron chi connectivity index (χ4n) is 2.13. The van der Waals surface area contributed by atoms with Crippen molar-refractivity contribution < 1.29 is 9.53 Å². The summed E-state index contributed by atoms with van der Waals surface area (Å²) in [6.07, 6.45) is 3.84. The topological polar surface area (TPSA) is 52.3 Å². The second-order valence-electron chi connectivity index (χ2n) is 3.53. The minimum absolute atomic E-state index is 0.244. The average molecular weight is 171 g/mol. The Labute approximate surface area is 73.3 Å². The third kappa shape index (κ3) is 1.33. The maximum Gasteiger partial charge on any atom is 0.326 e. The van der Waals surface area contributed by atoms with Crippen molar-refractivity contribution in [2.45, 2.75) is 38.1 Å². The van der Waals surface area contributed by atoms with Gasteiger partial charge in [0.15, 0.2) is 0 Å². The van der Waals surface area contributed by atoms with E-state index in [1.807, 2.05) is 0 Å². The number of esters is 1. The molecule has 12 heavy (non-hydrogen) atoms. The summed E-state index contributed by atoms with van der Waals surface area (Å²) in [6, 6.07) is 0. The van der Waals surface area contributed by atoms with Crippen molar-refractivity contribution in [2.75, 3.05) is 7.11 Å². The summed E-state index contributed by atoms with van der Waals surface area (Å²) >= 11 is 0. The van der Waals surface area contributed by atoms with Crippen molar-refractivity contribution in [2.24, 2.45) is 11.7 Å². The second kappa shape index (κ2) is 3.44. The summed E-state index contributed by atoms with van der Waals surface area (Å²) < 4.78 is 4.71. The van der Waals surface area contributed by atoms with E-state index in [0.29, 0.717) is 5.92 Å². The van der Waals surface area contributed by atoms with Crippen LogP contribution in [0.3, 0.4) is 0 Å². The quantitative estimate of drug-likeness (QED) is 0.632. The lowest BCUT2D eigenvalue weighted by molar-refractivity contribution is -0.148. The second-order valence-corrected chi connectivity index (χ2v) is 3.53. The molecule has 1 saturated carbocycles. The Hall–Kier alpha value is -0.570. The Kier molecular flexibility index (Phi) is 2.73. The third-order valence-corrected chi connectivity index (χ3v) is 2.93. The highest BCUT2D eigenvalue weighted by Crippen LogP contribution is 2.36. The van der Waals surface area contributed by atoms with Crippen molar-refractivity contribution in [3.8, 4) is 0 Å². The number of methoxy groups -OCH3 is 1. The van der Waals surface area contributed by atoms with E-state index >= 15 is 0 Å². The van der Waals surface area contributed by atoms with Crippen molar-refractivity contribution in [3.05, 3.63) is 0 Å². The van der Waals surface area contributed by atoms with Gasteiger partial charge in [0.25, 0.3) is 0 Å². The Morgan fingerprint density at radius 3 is 2.92 bits per heavy atom. The summed E-state index contributed by atoms with van der Waals surface area (Å²) in [7, 11) is 1.40. The highest BCUT2D eigenvalue weighted by molar-refractivity contribution is 5.81. The predicted molar refractivity (Wildman–Crippen MR) is 46.6 cm³/mol. The van der Waals surface area contributed by atoms with Gasteiger partial charge in [0.1, 0.15) is 5.54 Å². The Morgan fingerprint density at radius 1 is 1.75 bits per heavy atom. The van der Waals surface area contributed by atoms with Gasteiger partial charge in [-0.2, -0.15) is 0 Å². The average Bonchev–Trinajstić information content (AvgIpc) is 2.46. The van der Waals surface area contributed by atoms with Crippen molar-refractivity contribution in [1.29, 1.82) is 0 Å². The number of carbonyl (C=O) groups excluding carboxylic acids is 1. The van der Waals surface area contributed by atoms with E-state index in [2.05, 4.69) is 6.92 Å². The van der Waals surface area contributed by atoms with Gasteiger partial charge in [-0.25, -0.2) is 0 Å². The summed E-state index contributed by atoms with van der Waals surface area (Å²) in [5.41, 5.74) is 5.30. The van der Waals surface area contributed by atoms with E-state index in [0.717, 1.165) is 25.7 Å². The lowest BCUT2D eigenvalue weighted by Crippen LogP contribution is -2.51. The number of hydrogen-bond donors (Lipinski definition) is 1. The van der Waals surface area contributed by atoms with Gasteiger partial charge in [-0.15, -0.1) is 0 Å². The lowest BCUT2D eigenvalue weighted by Gasteiger charge is -2.27. The molecule has 0 aliphatic heterocycles. The van der Waals surface area contributed by atoms with Crippen LogP contribution in [0.4, 0.5) is 0 Å². The first-order chi connectivity index (χ1) is 5.65.